The highest BCUT2D eigenvalue weighted by Gasteiger charge is 2.15. The van der Waals surface area contributed by atoms with Gasteiger partial charge in [0.15, 0.2) is 0 Å². The number of hydrogen-bond acceptors (Lipinski definition) is 2. The molecule has 0 atom stereocenters. The first kappa shape index (κ1) is 19.2. The number of anilines is 1. The monoisotopic (exact) mass is 400 g/mol. The minimum Gasteiger partial charge on any atom is -0.321 e. The van der Waals surface area contributed by atoms with Crippen LogP contribution in [0, 0.1) is 13.8 Å². The van der Waals surface area contributed by atoms with E-state index in [2.05, 4.69) is 5.32 Å². The van der Waals surface area contributed by atoms with Gasteiger partial charge in [0.05, 0.1) is 6.54 Å². The topological polar surface area (TPSA) is 51.1 Å². The van der Waals surface area contributed by atoms with Crippen LogP contribution < -0.4 is 10.9 Å². The van der Waals surface area contributed by atoms with Gasteiger partial charge in [-0.05, 0) is 54.8 Å². The first-order valence-electron chi connectivity index (χ1n) is 8.38. The molecule has 6 heteroatoms. The Hall–Kier alpha value is -2.56. The van der Waals surface area contributed by atoms with Crippen LogP contribution in [0.4, 0.5) is 5.69 Å². The molecule has 2 aromatic carbocycles. The number of amides is 1. The molecule has 1 heterocycles. The third-order valence-corrected chi connectivity index (χ3v) is 4.93. The highest BCUT2D eigenvalue weighted by atomic mass is 35.5. The standard InChI is InChI=1S/C21H18Cl2N2O2/c1-13-5-3-6-14(2)19(13)24-20(26)17-7-4-10-25(21(17)27)12-15-8-9-16(22)11-18(15)23/h3-11H,12H2,1-2H3,(H,24,26). The van der Waals surface area contributed by atoms with Crippen LogP contribution in [-0.4, -0.2) is 10.5 Å². The highest BCUT2D eigenvalue weighted by molar-refractivity contribution is 6.35. The molecule has 27 heavy (non-hydrogen) atoms. The van der Waals surface area contributed by atoms with Crippen molar-refractivity contribution >= 4 is 34.8 Å². The predicted octanol–water partition coefficient (Wildman–Crippen LogP) is 5.07. The summed E-state index contributed by atoms with van der Waals surface area (Å²) in [6.45, 7) is 4.07. The average Bonchev–Trinajstić information content (AvgIpc) is 2.62. The zero-order valence-corrected chi connectivity index (χ0v) is 16.4. The molecule has 0 aliphatic carbocycles. The second-order valence-electron chi connectivity index (χ2n) is 6.31. The van der Waals surface area contributed by atoms with Gasteiger partial charge in [-0.3, -0.25) is 9.59 Å². The number of nitrogens with one attached hydrogen (secondary N) is 1. The first-order valence-corrected chi connectivity index (χ1v) is 9.13. The molecular formula is C21H18Cl2N2O2. The zero-order chi connectivity index (χ0) is 19.6. The quantitative estimate of drug-likeness (QED) is 0.664. The van der Waals surface area contributed by atoms with E-state index in [0.29, 0.717) is 10.0 Å². The van der Waals surface area contributed by atoms with E-state index in [1.54, 1.807) is 30.5 Å². The van der Waals surface area contributed by atoms with E-state index < -0.39 is 5.91 Å². The van der Waals surface area contributed by atoms with Gasteiger partial charge in [0.25, 0.3) is 11.5 Å². The number of aromatic nitrogens is 1. The molecule has 0 aliphatic heterocycles. The summed E-state index contributed by atoms with van der Waals surface area (Å²) < 4.78 is 1.45. The van der Waals surface area contributed by atoms with Crippen LogP contribution in [0.5, 0.6) is 0 Å². The van der Waals surface area contributed by atoms with Crippen LogP contribution in [0.2, 0.25) is 10.0 Å². The molecule has 4 nitrogen and oxygen atoms in total. The summed E-state index contributed by atoms with van der Waals surface area (Å²) in [6.07, 6.45) is 1.63. The number of aryl methyl sites for hydroxylation is 2. The third kappa shape index (κ3) is 4.24. The average molecular weight is 401 g/mol. The number of carbonyl (C=O) groups is 1. The van der Waals surface area contributed by atoms with E-state index in [4.69, 9.17) is 23.2 Å². The Bertz CT molecular complexity index is 1050. The fraction of sp³-hybridized carbons (Fsp3) is 0.143. The number of hydrogen-bond donors (Lipinski definition) is 1. The van der Waals surface area contributed by atoms with Crippen LogP contribution in [0.1, 0.15) is 27.0 Å². The number of para-hydroxylation sites is 1. The number of carbonyl (C=O) groups excluding carboxylic acids is 1. The number of benzene rings is 2. The van der Waals surface area contributed by atoms with Gasteiger partial charge in [-0.1, -0.05) is 47.5 Å². The van der Waals surface area contributed by atoms with Gasteiger partial charge in [0.1, 0.15) is 5.56 Å². The highest BCUT2D eigenvalue weighted by Crippen LogP contribution is 2.22. The summed E-state index contributed by atoms with van der Waals surface area (Å²) >= 11 is 12.1. The molecule has 1 aromatic heterocycles. The fourth-order valence-corrected chi connectivity index (χ4v) is 3.33. The van der Waals surface area contributed by atoms with Crippen molar-refractivity contribution in [2.24, 2.45) is 0 Å². The lowest BCUT2D eigenvalue weighted by atomic mass is 10.1. The van der Waals surface area contributed by atoms with Crippen molar-refractivity contribution in [3.05, 3.63) is 97.4 Å². The van der Waals surface area contributed by atoms with Gasteiger partial charge in [-0.2, -0.15) is 0 Å². The first-order chi connectivity index (χ1) is 12.9. The van der Waals surface area contributed by atoms with Crippen LogP contribution in [0.3, 0.4) is 0 Å². The molecule has 1 N–H and O–H groups in total. The maximum atomic E-state index is 12.8. The summed E-state index contributed by atoms with van der Waals surface area (Å²) in [5.41, 5.74) is 3.03. The summed E-state index contributed by atoms with van der Waals surface area (Å²) in [5, 5.41) is 3.85. The van der Waals surface area contributed by atoms with Gasteiger partial charge in [0, 0.05) is 21.9 Å². The molecule has 0 saturated carbocycles. The maximum Gasteiger partial charge on any atom is 0.263 e. The second-order valence-corrected chi connectivity index (χ2v) is 7.16. The van der Waals surface area contributed by atoms with Gasteiger partial charge >= 0.3 is 0 Å². The normalized spacial score (nSPS) is 10.7. The van der Waals surface area contributed by atoms with Crippen molar-refractivity contribution in [3.8, 4) is 0 Å². The Kier molecular flexibility index (Phi) is 5.68. The van der Waals surface area contributed by atoms with E-state index in [1.165, 1.54) is 10.6 Å². The van der Waals surface area contributed by atoms with Crippen molar-refractivity contribution < 1.29 is 4.79 Å². The van der Waals surface area contributed by atoms with Crippen molar-refractivity contribution in [3.63, 3.8) is 0 Å². The summed E-state index contributed by atoms with van der Waals surface area (Å²) in [6, 6.07) is 14.0. The largest absolute Gasteiger partial charge is 0.321 e. The lowest BCUT2D eigenvalue weighted by Crippen LogP contribution is -2.29. The van der Waals surface area contributed by atoms with E-state index >= 15 is 0 Å². The smallest absolute Gasteiger partial charge is 0.263 e. The Morgan fingerprint density at radius 1 is 1.04 bits per heavy atom. The maximum absolute atomic E-state index is 12.8. The van der Waals surface area contributed by atoms with Crippen molar-refractivity contribution in [1.29, 1.82) is 0 Å². The van der Waals surface area contributed by atoms with Crippen molar-refractivity contribution in [1.82, 2.24) is 4.57 Å². The van der Waals surface area contributed by atoms with Crippen molar-refractivity contribution in [2.75, 3.05) is 5.32 Å². The Balaban J connectivity index is 1.90. The zero-order valence-electron chi connectivity index (χ0n) is 14.9. The fourth-order valence-electron chi connectivity index (χ4n) is 2.86. The third-order valence-electron chi connectivity index (χ3n) is 4.34. The molecule has 0 bridgehead atoms. The number of rotatable bonds is 4. The molecule has 138 valence electrons. The van der Waals surface area contributed by atoms with Crippen LogP contribution in [0.25, 0.3) is 0 Å². The lowest BCUT2D eigenvalue weighted by molar-refractivity contribution is 0.102. The van der Waals surface area contributed by atoms with Crippen molar-refractivity contribution in [2.45, 2.75) is 20.4 Å². The van der Waals surface area contributed by atoms with E-state index in [1.807, 2.05) is 32.0 Å². The van der Waals surface area contributed by atoms with Crippen LogP contribution >= 0.6 is 23.2 Å². The second kappa shape index (κ2) is 7.99. The van der Waals surface area contributed by atoms with E-state index in [9.17, 15) is 9.59 Å². The molecule has 0 aliphatic rings. The molecule has 1 amide bonds. The molecule has 0 saturated heterocycles. The number of halogens is 2. The van der Waals surface area contributed by atoms with Gasteiger partial charge in [0.2, 0.25) is 0 Å². The van der Waals surface area contributed by atoms with Gasteiger partial charge < -0.3 is 9.88 Å². The summed E-state index contributed by atoms with van der Waals surface area (Å²) in [7, 11) is 0. The number of nitrogens with zero attached hydrogens (tertiary/aromatic N) is 1. The Morgan fingerprint density at radius 2 is 1.74 bits per heavy atom. The van der Waals surface area contributed by atoms with Gasteiger partial charge in [-0.25, -0.2) is 0 Å². The predicted molar refractivity (Wildman–Crippen MR) is 110 cm³/mol. The molecule has 0 fully saturated rings. The van der Waals surface area contributed by atoms with Gasteiger partial charge in [-0.15, -0.1) is 0 Å². The minimum absolute atomic E-state index is 0.0743. The minimum atomic E-state index is -0.436. The number of pyridine rings is 1. The molecule has 0 unspecified atom stereocenters. The van der Waals surface area contributed by atoms with Crippen LogP contribution in [0.15, 0.2) is 59.5 Å². The summed E-state index contributed by atoms with van der Waals surface area (Å²) in [5.74, 6) is -0.436. The Labute approximate surface area is 167 Å². The molecule has 0 radical (unpaired) electrons. The lowest BCUT2D eigenvalue weighted by Gasteiger charge is -2.13. The molecular weight excluding hydrogens is 383 g/mol. The summed E-state index contributed by atoms with van der Waals surface area (Å²) in [4.78, 5) is 25.5. The SMILES string of the molecule is Cc1cccc(C)c1NC(=O)c1cccn(Cc2ccc(Cl)cc2Cl)c1=O. The molecule has 3 aromatic rings. The van der Waals surface area contributed by atoms with E-state index in [0.717, 1.165) is 22.4 Å². The molecule has 0 spiro atoms. The van der Waals surface area contributed by atoms with E-state index in [-0.39, 0.29) is 17.7 Å². The Morgan fingerprint density at radius 3 is 2.41 bits per heavy atom. The molecule has 3 rings (SSSR count). The van der Waals surface area contributed by atoms with Crippen LogP contribution in [-0.2, 0) is 6.54 Å².